The lowest BCUT2D eigenvalue weighted by molar-refractivity contribution is 0.281. The quantitative estimate of drug-likeness (QED) is 0.764. The Morgan fingerprint density at radius 3 is 2.26 bits per heavy atom. The van der Waals surface area contributed by atoms with Crippen LogP contribution in [0, 0.1) is 6.92 Å². The molecular weight excluding hydrogens is 360 g/mol. The Balaban J connectivity index is 2.41. The first-order valence-electron chi connectivity index (χ1n) is 6.85. The second-order valence-electron chi connectivity index (χ2n) is 4.83. The summed E-state index contributed by atoms with van der Waals surface area (Å²) in [5.74, 6) is 0. The number of benzene rings is 1. The Morgan fingerprint density at radius 2 is 1.74 bits per heavy atom. The van der Waals surface area contributed by atoms with Gasteiger partial charge in [0.2, 0.25) is 9.84 Å². The van der Waals surface area contributed by atoms with Gasteiger partial charge in [0.05, 0.1) is 18.1 Å². The fourth-order valence-corrected chi connectivity index (χ4v) is 4.90. The van der Waals surface area contributed by atoms with Crippen molar-refractivity contribution < 1.29 is 18.6 Å². The zero-order chi connectivity index (χ0) is 17.0. The summed E-state index contributed by atoms with van der Waals surface area (Å²) in [6.45, 7) is 2.04. The van der Waals surface area contributed by atoms with Gasteiger partial charge < -0.3 is 15.1 Å². The largest absolute Gasteiger partial charge is 0.395 e. The maximum absolute atomic E-state index is 12.7. The zero-order valence-electron chi connectivity index (χ0n) is 12.4. The second kappa shape index (κ2) is 7.59. The van der Waals surface area contributed by atoms with Gasteiger partial charge in [-0.1, -0.05) is 40.6 Å². The highest BCUT2D eigenvalue weighted by atomic mass is 35.5. The van der Waals surface area contributed by atoms with Gasteiger partial charge in [-0.15, -0.1) is 0 Å². The van der Waals surface area contributed by atoms with Crippen molar-refractivity contribution in [3.05, 3.63) is 34.2 Å². The number of aryl methyl sites for hydroxylation is 1. The monoisotopic (exact) mass is 376 g/mol. The Hall–Kier alpha value is -1.19. The van der Waals surface area contributed by atoms with Crippen molar-refractivity contribution in [2.45, 2.75) is 16.8 Å². The Labute approximate surface area is 143 Å². The predicted molar refractivity (Wildman–Crippen MR) is 90.1 cm³/mol. The third-order valence-corrected chi connectivity index (χ3v) is 6.40. The first-order valence-corrected chi connectivity index (χ1v) is 9.52. The molecule has 1 heterocycles. The topological polar surface area (TPSA) is 90.7 Å². The van der Waals surface area contributed by atoms with E-state index in [1.807, 2.05) is 6.92 Å². The molecule has 126 valence electrons. The molecule has 2 aromatic rings. The van der Waals surface area contributed by atoms with Crippen molar-refractivity contribution in [2.24, 2.45) is 0 Å². The highest BCUT2D eigenvalue weighted by Gasteiger charge is 2.27. The number of halogens is 1. The SMILES string of the molecule is Cc1ccc(S(=O)(=O)c2nc(N(CCO)CCO)sc2Cl)cc1. The summed E-state index contributed by atoms with van der Waals surface area (Å²) < 4.78 is 25.4. The number of hydrogen-bond donors (Lipinski definition) is 2. The van der Waals surface area contributed by atoms with Crippen LogP contribution in [-0.4, -0.2) is 49.9 Å². The molecule has 0 bridgehead atoms. The number of hydrogen-bond acceptors (Lipinski definition) is 7. The van der Waals surface area contributed by atoms with Gasteiger partial charge in [0.25, 0.3) is 0 Å². The van der Waals surface area contributed by atoms with E-state index < -0.39 is 9.84 Å². The summed E-state index contributed by atoms with van der Waals surface area (Å²) in [7, 11) is -3.81. The van der Waals surface area contributed by atoms with Gasteiger partial charge in [-0.2, -0.15) is 0 Å². The minimum absolute atomic E-state index is 0.0569. The Bertz CT molecular complexity index is 754. The van der Waals surface area contributed by atoms with E-state index in [-0.39, 0.29) is 40.6 Å². The van der Waals surface area contributed by atoms with Crippen LogP contribution < -0.4 is 4.90 Å². The van der Waals surface area contributed by atoms with Gasteiger partial charge >= 0.3 is 0 Å². The van der Waals surface area contributed by atoms with Crippen LogP contribution in [0.2, 0.25) is 4.34 Å². The first-order chi connectivity index (χ1) is 10.9. The summed E-state index contributed by atoms with van der Waals surface area (Å²) in [6, 6.07) is 6.44. The first kappa shape index (κ1) is 18.2. The van der Waals surface area contributed by atoms with E-state index in [9.17, 15) is 8.42 Å². The molecule has 1 aromatic carbocycles. The summed E-state index contributed by atoms with van der Waals surface area (Å²) in [5, 5.41) is 18.3. The van der Waals surface area contributed by atoms with Gasteiger partial charge in [-0.3, -0.25) is 0 Å². The smallest absolute Gasteiger partial charge is 0.226 e. The third kappa shape index (κ3) is 4.02. The lowest BCUT2D eigenvalue weighted by atomic mass is 10.2. The fourth-order valence-electron chi connectivity index (χ4n) is 1.95. The normalized spacial score (nSPS) is 11.7. The van der Waals surface area contributed by atoms with Crippen LogP contribution in [0.4, 0.5) is 5.13 Å². The highest BCUT2D eigenvalue weighted by Crippen LogP contribution is 2.36. The lowest BCUT2D eigenvalue weighted by Gasteiger charge is -2.18. The van der Waals surface area contributed by atoms with Gasteiger partial charge in [-0.25, -0.2) is 13.4 Å². The van der Waals surface area contributed by atoms with Crippen LogP contribution >= 0.6 is 22.9 Å². The third-order valence-electron chi connectivity index (χ3n) is 3.14. The number of rotatable bonds is 7. The van der Waals surface area contributed by atoms with Crippen molar-refractivity contribution in [3.63, 3.8) is 0 Å². The standard InChI is InChI=1S/C14H17ClN2O4S2/c1-10-2-4-11(5-3-10)23(20,21)13-12(15)22-14(16-13)17(6-8-18)7-9-19/h2-5,18-19H,6-9H2,1H3. The number of anilines is 1. The van der Waals surface area contributed by atoms with Crippen LogP contribution in [0.5, 0.6) is 0 Å². The molecule has 23 heavy (non-hydrogen) atoms. The van der Waals surface area contributed by atoms with E-state index in [2.05, 4.69) is 4.98 Å². The molecule has 6 nitrogen and oxygen atoms in total. The van der Waals surface area contributed by atoms with Crippen molar-refractivity contribution in [1.29, 1.82) is 0 Å². The molecule has 0 radical (unpaired) electrons. The molecule has 9 heteroatoms. The Kier molecular flexibility index (Phi) is 5.99. The van der Waals surface area contributed by atoms with E-state index in [1.165, 1.54) is 12.1 Å². The number of aliphatic hydroxyl groups excluding tert-OH is 2. The van der Waals surface area contributed by atoms with E-state index in [4.69, 9.17) is 21.8 Å². The minimum Gasteiger partial charge on any atom is -0.395 e. The number of aliphatic hydroxyl groups is 2. The van der Waals surface area contributed by atoms with Gasteiger partial charge in [0.15, 0.2) is 10.2 Å². The van der Waals surface area contributed by atoms with E-state index >= 15 is 0 Å². The molecule has 1 aromatic heterocycles. The molecule has 0 fully saturated rings. The molecule has 0 aliphatic carbocycles. The number of sulfone groups is 1. The number of aromatic nitrogens is 1. The molecule has 0 atom stereocenters. The van der Waals surface area contributed by atoms with Gasteiger partial charge in [-0.05, 0) is 19.1 Å². The summed E-state index contributed by atoms with van der Waals surface area (Å²) in [5.41, 5.74) is 0.950. The number of nitrogens with zero attached hydrogens (tertiary/aromatic N) is 2. The molecular formula is C14H17ClN2O4S2. The average Bonchev–Trinajstić information content (AvgIpc) is 2.90. The summed E-state index contributed by atoms with van der Waals surface area (Å²) >= 11 is 7.09. The van der Waals surface area contributed by atoms with Crippen LogP contribution in [0.15, 0.2) is 34.2 Å². The summed E-state index contributed by atoms with van der Waals surface area (Å²) in [6.07, 6.45) is 0. The van der Waals surface area contributed by atoms with Crippen LogP contribution in [0.1, 0.15) is 5.56 Å². The van der Waals surface area contributed by atoms with Crippen LogP contribution in [0.25, 0.3) is 0 Å². The maximum atomic E-state index is 12.7. The van der Waals surface area contributed by atoms with E-state index in [1.54, 1.807) is 17.0 Å². The molecule has 0 spiro atoms. The summed E-state index contributed by atoms with van der Waals surface area (Å²) in [4.78, 5) is 5.83. The van der Waals surface area contributed by atoms with Gasteiger partial charge in [0.1, 0.15) is 4.34 Å². The predicted octanol–water partition coefficient (Wildman–Crippen LogP) is 1.73. The lowest BCUT2D eigenvalue weighted by Crippen LogP contribution is -2.29. The zero-order valence-corrected chi connectivity index (χ0v) is 14.8. The van der Waals surface area contributed by atoms with Crippen molar-refractivity contribution in [1.82, 2.24) is 4.98 Å². The maximum Gasteiger partial charge on any atom is 0.226 e. The number of thiazole rings is 1. The van der Waals surface area contributed by atoms with Crippen molar-refractivity contribution in [3.8, 4) is 0 Å². The van der Waals surface area contributed by atoms with Crippen LogP contribution in [0.3, 0.4) is 0 Å². The molecule has 0 saturated carbocycles. The molecule has 0 saturated heterocycles. The second-order valence-corrected chi connectivity index (χ2v) is 8.27. The molecule has 2 rings (SSSR count). The van der Waals surface area contributed by atoms with Gasteiger partial charge in [0, 0.05) is 13.1 Å². The minimum atomic E-state index is -3.81. The molecule has 0 amide bonds. The van der Waals surface area contributed by atoms with Crippen LogP contribution in [-0.2, 0) is 9.84 Å². The highest BCUT2D eigenvalue weighted by molar-refractivity contribution is 7.91. The fraction of sp³-hybridized carbons (Fsp3) is 0.357. The molecule has 0 aliphatic rings. The average molecular weight is 377 g/mol. The molecule has 0 aliphatic heterocycles. The van der Waals surface area contributed by atoms with Crippen molar-refractivity contribution in [2.75, 3.05) is 31.2 Å². The molecule has 2 N–H and O–H groups in total. The molecule has 0 unspecified atom stereocenters. The Morgan fingerprint density at radius 1 is 1.17 bits per heavy atom. The van der Waals surface area contributed by atoms with E-state index in [0.29, 0.717) is 5.13 Å². The van der Waals surface area contributed by atoms with E-state index in [0.717, 1.165) is 16.9 Å². The van der Waals surface area contributed by atoms with Crippen molar-refractivity contribution >= 4 is 37.9 Å².